The number of rotatable bonds is 6. The van der Waals surface area contributed by atoms with E-state index in [9.17, 15) is 18.0 Å². The molecule has 0 aromatic carbocycles. The molecule has 0 bridgehead atoms. The molecule has 1 aliphatic rings. The third kappa shape index (κ3) is 6.09. The van der Waals surface area contributed by atoms with E-state index in [0.29, 0.717) is 13.1 Å². The van der Waals surface area contributed by atoms with E-state index in [1.165, 1.54) is 0 Å². The number of amides is 1. The smallest absolute Gasteiger partial charge is 0.396 e. The van der Waals surface area contributed by atoms with Crippen LogP contribution in [0.4, 0.5) is 13.2 Å². The van der Waals surface area contributed by atoms with Crippen molar-refractivity contribution in [1.82, 2.24) is 9.80 Å². The van der Waals surface area contributed by atoms with Crippen LogP contribution in [0, 0.1) is 11.8 Å². The Morgan fingerprint density at radius 3 is 2.55 bits per heavy atom. The topological polar surface area (TPSA) is 43.8 Å². The van der Waals surface area contributed by atoms with Crippen molar-refractivity contribution in [1.29, 1.82) is 0 Å². The lowest BCUT2D eigenvalue weighted by molar-refractivity contribution is -0.162. The van der Waals surface area contributed by atoms with Crippen LogP contribution < -0.4 is 0 Å². The number of alkyl halides is 3. The Kier molecular flexibility index (Phi) is 6.26. The van der Waals surface area contributed by atoms with Crippen molar-refractivity contribution in [2.24, 2.45) is 11.8 Å². The summed E-state index contributed by atoms with van der Waals surface area (Å²) >= 11 is 0. The van der Waals surface area contributed by atoms with Crippen molar-refractivity contribution >= 4 is 5.91 Å². The Bertz CT molecular complexity index is 321. The van der Waals surface area contributed by atoms with Gasteiger partial charge in [-0.1, -0.05) is 13.8 Å². The molecule has 1 aliphatic heterocycles. The van der Waals surface area contributed by atoms with E-state index in [1.807, 2.05) is 4.90 Å². The molecular formula is C13H23F3N2O2. The van der Waals surface area contributed by atoms with E-state index in [2.05, 4.69) is 0 Å². The maximum atomic E-state index is 12.5. The minimum absolute atomic E-state index is 0.000694. The molecule has 1 N–H and O–H groups in total. The molecule has 0 spiro atoms. The largest absolute Gasteiger partial charge is 0.406 e. The highest BCUT2D eigenvalue weighted by atomic mass is 19.4. The van der Waals surface area contributed by atoms with Crippen molar-refractivity contribution in [2.45, 2.75) is 26.4 Å². The van der Waals surface area contributed by atoms with Gasteiger partial charge < -0.3 is 10.0 Å². The number of hydrogen-bond acceptors (Lipinski definition) is 3. The predicted octanol–water partition coefficient (Wildman–Crippen LogP) is 1.35. The van der Waals surface area contributed by atoms with Gasteiger partial charge in [0.2, 0.25) is 5.91 Å². The second kappa shape index (κ2) is 7.26. The Labute approximate surface area is 117 Å². The first-order valence-corrected chi connectivity index (χ1v) is 6.89. The van der Waals surface area contributed by atoms with Crippen LogP contribution >= 0.6 is 0 Å². The average molecular weight is 296 g/mol. The van der Waals surface area contributed by atoms with E-state index in [1.54, 1.807) is 13.8 Å². The first-order valence-electron chi connectivity index (χ1n) is 6.89. The van der Waals surface area contributed by atoms with E-state index < -0.39 is 18.6 Å². The molecule has 1 atom stereocenters. The molecule has 1 heterocycles. The van der Waals surface area contributed by atoms with E-state index in [4.69, 9.17) is 5.11 Å². The summed E-state index contributed by atoms with van der Waals surface area (Å²) in [6.45, 7) is 3.77. The molecule has 0 aromatic rings. The number of nitrogens with zero attached hydrogens (tertiary/aromatic N) is 2. The minimum Gasteiger partial charge on any atom is -0.396 e. The molecule has 1 fully saturated rings. The van der Waals surface area contributed by atoms with Crippen molar-refractivity contribution in [2.75, 3.05) is 39.3 Å². The number of hydrogen-bond donors (Lipinski definition) is 1. The van der Waals surface area contributed by atoms with Crippen LogP contribution in [-0.4, -0.2) is 66.3 Å². The van der Waals surface area contributed by atoms with Crippen LogP contribution in [0.3, 0.4) is 0 Å². The van der Waals surface area contributed by atoms with Crippen LogP contribution in [0.15, 0.2) is 0 Å². The molecule has 0 aliphatic carbocycles. The first-order chi connectivity index (χ1) is 9.21. The molecule has 4 nitrogen and oxygen atoms in total. The van der Waals surface area contributed by atoms with Crippen molar-refractivity contribution in [3.8, 4) is 0 Å². The maximum absolute atomic E-state index is 12.5. The second-order valence-electron chi connectivity index (χ2n) is 5.86. The van der Waals surface area contributed by atoms with Gasteiger partial charge in [-0.25, -0.2) is 0 Å². The van der Waals surface area contributed by atoms with Gasteiger partial charge in [0.25, 0.3) is 0 Å². The van der Waals surface area contributed by atoms with Crippen molar-refractivity contribution in [3.63, 3.8) is 0 Å². The van der Waals surface area contributed by atoms with Gasteiger partial charge in [-0.3, -0.25) is 9.69 Å². The minimum atomic E-state index is -4.37. The fourth-order valence-corrected chi connectivity index (χ4v) is 2.41. The van der Waals surface area contributed by atoms with Gasteiger partial charge in [-0.05, 0) is 24.8 Å². The second-order valence-corrected chi connectivity index (χ2v) is 5.86. The number of aliphatic hydroxyl groups is 1. The molecule has 118 valence electrons. The average Bonchev–Trinajstić information content (AvgIpc) is 2.73. The van der Waals surface area contributed by atoms with E-state index >= 15 is 0 Å². The summed E-state index contributed by atoms with van der Waals surface area (Å²) in [5, 5.41) is 9.03. The monoisotopic (exact) mass is 296 g/mol. The zero-order chi connectivity index (χ0) is 15.3. The van der Waals surface area contributed by atoms with Gasteiger partial charge in [-0.15, -0.1) is 0 Å². The number of halogens is 3. The first kappa shape index (κ1) is 17.2. The summed E-state index contributed by atoms with van der Waals surface area (Å²) in [7, 11) is 0. The molecule has 1 rings (SSSR count). The highest BCUT2D eigenvalue weighted by molar-refractivity contribution is 5.78. The molecule has 20 heavy (non-hydrogen) atoms. The molecule has 0 aromatic heterocycles. The van der Waals surface area contributed by atoms with Gasteiger partial charge in [-0.2, -0.15) is 13.2 Å². The zero-order valence-corrected chi connectivity index (χ0v) is 12.0. The number of likely N-dealkylation sites (tertiary alicyclic amines) is 1. The Morgan fingerprint density at radius 2 is 2.10 bits per heavy atom. The van der Waals surface area contributed by atoms with Crippen molar-refractivity contribution in [3.05, 3.63) is 0 Å². The summed E-state index contributed by atoms with van der Waals surface area (Å²) in [6, 6.07) is 0. The quantitative estimate of drug-likeness (QED) is 0.804. The van der Waals surface area contributed by atoms with Gasteiger partial charge in [0.15, 0.2) is 0 Å². The van der Waals surface area contributed by atoms with Crippen LogP contribution in [0.5, 0.6) is 0 Å². The third-order valence-electron chi connectivity index (χ3n) is 3.30. The van der Waals surface area contributed by atoms with Crippen LogP contribution in [0.1, 0.15) is 20.3 Å². The Morgan fingerprint density at radius 1 is 1.45 bits per heavy atom. The Balaban J connectivity index is 2.54. The normalized spacial score (nSPS) is 20.6. The summed E-state index contributed by atoms with van der Waals surface area (Å²) < 4.78 is 37.5. The van der Waals surface area contributed by atoms with E-state index in [-0.39, 0.29) is 31.5 Å². The summed E-state index contributed by atoms with van der Waals surface area (Å²) in [6.07, 6.45) is -3.59. The molecular weight excluding hydrogens is 273 g/mol. The summed E-state index contributed by atoms with van der Waals surface area (Å²) in [5.74, 6) is -0.372. The van der Waals surface area contributed by atoms with Gasteiger partial charge in [0, 0.05) is 19.7 Å². The standard InChI is InChI=1S/C13H23F3N2O2/c1-10(2)5-18(9-13(14,15)16)12(20)7-17-4-3-11(6-17)8-19/h10-11,19H,3-9H2,1-2H3. The lowest BCUT2D eigenvalue weighted by atomic mass is 10.1. The highest BCUT2D eigenvalue weighted by Crippen LogP contribution is 2.19. The fourth-order valence-electron chi connectivity index (χ4n) is 2.41. The number of carbonyl (C=O) groups excluding carboxylic acids is 1. The maximum Gasteiger partial charge on any atom is 0.406 e. The van der Waals surface area contributed by atoms with Gasteiger partial charge in [0.05, 0.1) is 6.54 Å². The number of aliphatic hydroxyl groups excluding tert-OH is 1. The van der Waals surface area contributed by atoms with Crippen LogP contribution in [-0.2, 0) is 4.79 Å². The third-order valence-corrected chi connectivity index (χ3v) is 3.30. The molecule has 1 saturated heterocycles. The van der Waals surface area contributed by atoms with E-state index in [0.717, 1.165) is 11.3 Å². The van der Waals surface area contributed by atoms with Gasteiger partial charge >= 0.3 is 6.18 Å². The summed E-state index contributed by atoms with van der Waals surface area (Å²) in [4.78, 5) is 14.7. The lowest BCUT2D eigenvalue weighted by Gasteiger charge is -2.27. The zero-order valence-electron chi connectivity index (χ0n) is 12.0. The summed E-state index contributed by atoms with van der Waals surface area (Å²) in [5.41, 5.74) is 0. The van der Waals surface area contributed by atoms with Crippen molar-refractivity contribution < 1.29 is 23.1 Å². The van der Waals surface area contributed by atoms with Crippen LogP contribution in [0.2, 0.25) is 0 Å². The molecule has 7 heteroatoms. The molecule has 0 radical (unpaired) electrons. The fraction of sp³-hybridized carbons (Fsp3) is 0.923. The number of carbonyl (C=O) groups is 1. The molecule has 1 unspecified atom stereocenters. The van der Waals surface area contributed by atoms with Crippen LogP contribution in [0.25, 0.3) is 0 Å². The Hall–Kier alpha value is -0.820. The molecule has 1 amide bonds. The highest BCUT2D eigenvalue weighted by Gasteiger charge is 2.34. The SMILES string of the molecule is CC(C)CN(CC(F)(F)F)C(=O)CN1CCC(CO)C1. The predicted molar refractivity (Wildman–Crippen MR) is 69.1 cm³/mol. The van der Waals surface area contributed by atoms with Gasteiger partial charge in [0.1, 0.15) is 6.54 Å². The molecule has 0 saturated carbocycles. The lowest BCUT2D eigenvalue weighted by Crippen LogP contribution is -2.45.